The summed E-state index contributed by atoms with van der Waals surface area (Å²) in [6, 6.07) is 10.5. The lowest BCUT2D eigenvalue weighted by atomic mass is 9.88. The number of carboxylic acid groups (broad SMARTS) is 1. The molecule has 4 rings (SSSR count). The molecule has 2 aliphatic heterocycles. The van der Waals surface area contributed by atoms with Gasteiger partial charge in [-0.25, -0.2) is 4.79 Å². The molecule has 3 atom stereocenters. The van der Waals surface area contributed by atoms with Gasteiger partial charge in [0, 0.05) is 31.5 Å². The predicted octanol–water partition coefficient (Wildman–Crippen LogP) is 1.68. The van der Waals surface area contributed by atoms with E-state index in [9.17, 15) is 34.4 Å². The minimum Gasteiger partial charge on any atom is -0.478 e. The Kier molecular flexibility index (Phi) is 7.45. The largest absolute Gasteiger partial charge is 0.478 e. The molecule has 37 heavy (non-hydrogen) atoms. The third-order valence-corrected chi connectivity index (χ3v) is 7.79. The first kappa shape index (κ1) is 26.1. The van der Waals surface area contributed by atoms with Gasteiger partial charge in [-0.1, -0.05) is 12.1 Å². The average molecular weight is 530 g/mol. The Morgan fingerprint density at radius 2 is 1.86 bits per heavy atom. The van der Waals surface area contributed by atoms with Crippen LogP contribution < -0.4 is 5.32 Å². The number of carboxylic acids is 1. The number of hydrogen-bond donors (Lipinski definition) is 2. The van der Waals surface area contributed by atoms with E-state index in [1.165, 1.54) is 72.3 Å². The van der Waals surface area contributed by atoms with E-state index in [4.69, 9.17) is 9.47 Å². The number of hydrogen-bond acceptors (Lipinski definition) is 9. The van der Waals surface area contributed by atoms with Crippen LogP contribution in [0, 0.1) is 15.5 Å². The smallest absolute Gasteiger partial charge is 0.336 e. The SMILES string of the molecule is COCC1(C(=O)OCc2ccc([N+](=O)[O-])cc2)CS[C@@H]2C(NC(=O)c3ccccc3C(=O)O)C(=O)N2C1. The first-order valence-corrected chi connectivity index (χ1v) is 12.2. The summed E-state index contributed by atoms with van der Waals surface area (Å²) in [5, 5.41) is 22.3. The number of aromatic carboxylic acids is 1. The Balaban J connectivity index is 1.40. The third kappa shape index (κ3) is 5.13. The number of β-lactam (4-membered cyclic amide) rings is 1. The molecule has 2 heterocycles. The molecule has 2 aromatic rings. The number of benzene rings is 2. The molecule has 0 radical (unpaired) electrons. The van der Waals surface area contributed by atoms with Gasteiger partial charge in [-0.15, -0.1) is 11.8 Å². The van der Waals surface area contributed by atoms with Crippen molar-refractivity contribution in [2.45, 2.75) is 18.0 Å². The molecule has 194 valence electrons. The molecular formula is C24H23N3O9S. The van der Waals surface area contributed by atoms with E-state index >= 15 is 0 Å². The van der Waals surface area contributed by atoms with Crippen LogP contribution in [0.4, 0.5) is 5.69 Å². The highest BCUT2D eigenvalue weighted by molar-refractivity contribution is 8.00. The predicted molar refractivity (Wildman–Crippen MR) is 130 cm³/mol. The van der Waals surface area contributed by atoms with Gasteiger partial charge in [0.1, 0.15) is 23.4 Å². The lowest BCUT2D eigenvalue weighted by Crippen LogP contribution is -2.74. The molecule has 12 nitrogen and oxygen atoms in total. The van der Waals surface area contributed by atoms with Crippen LogP contribution in [0.1, 0.15) is 26.3 Å². The zero-order valence-electron chi connectivity index (χ0n) is 19.6. The summed E-state index contributed by atoms with van der Waals surface area (Å²) < 4.78 is 10.8. The maximum absolute atomic E-state index is 13.1. The highest BCUT2D eigenvalue weighted by atomic mass is 32.2. The highest BCUT2D eigenvalue weighted by Crippen LogP contribution is 2.43. The number of thioether (sulfide) groups is 1. The summed E-state index contributed by atoms with van der Waals surface area (Å²) in [4.78, 5) is 61.9. The number of methoxy groups -OCH3 is 1. The molecule has 2 aliphatic rings. The fraction of sp³-hybridized carbons (Fsp3) is 0.333. The molecular weight excluding hydrogens is 506 g/mol. The van der Waals surface area contributed by atoms with Crippen LogP contribution in [0.5, 0.6) is 0 Å². The molecule has 13 heteroatoms. The number of amides is 2. The van der Waals surface area contributed by atoms with Gasteiger partial charge in [-0.3, -0.25) is 24.5 Å². The molecule has 0 spiro atoms. The molecule has 0 bridgehead atoms. The van der Waals surface area contributed by atoms with E-state index in [2.05, 4.69) is 5.32 Å². The minimum absolute atomic E-state index is 0.00138. The van der Waals surface area contributed by atoms with Crippen molar-refractivity contribution in [3.63, 3.8) is 0 Å². The fourth-order valence-electron chi connectivity index (χ4n) is 4.28. The van der Waals surface area contributed by atoms with Crippen LogP contribution in [0.3, 0.4) is 0 Å². The maximum atomic E-state index is 13.1. The Morgan fingerprint density at radius 3 is 2.49 bits per heavy atom. The Morgan fingerprint density at radius 1 is 1.19 bits per heavy atom. The van der Waals surface area contributed by atoms with Crippen LogP contribution >= 0.6 is 11.8 Å². The zero-order valence-corrected chi connectivity index (χ0v) is 20.4. The van der Waals surface area contributed by atoms with E-state index in [0.717, 1.165) is 0 Å². The van der Waals surface area contributed by atoms with E-state index in [-0.39, 0.29) is 42.3 Å². The third-order valence-electron chi connectivity index (χ3n) is 6.20. The minimum atomic E-state index is -1.25. The standard InChI is InChI=1S/C24H23N3O9S/c1-35-12-24(23(32)36-10-14-6-8-15(9-7-14)27(33)34)11-26-20(29)18(21(26)37-13-24)25-19(28)16-4-2-3-5-17(16)22(30)31/h2-9,18,21H,10-13H2,1H3,(H,25,28)(H,30,31)/t18?,21-,24?/m1/s1. The summed E-state index contributed by atoms with van der Waals surface area (Å²) in [6.45, 7) is -0.0842. The lowest BCUT2D eigenvalue weighted by Gasteiger charge is -2.53. The summed E-state index contributed by atoms with van der Waals surface area (Å²) in [5.41, 5.74) is -0.875. The van der Waals surface area contributed by atoms with Crippen molar-refractivity contribution in [1.82, 2.24) is 10.2 Å². The summed E-state index contributed by atoms with van der Waals surface area (Å²) >= 11 is 1.29. The molecule has 2 amide bonds. The quantitative estimate of drug-likeness (QED) is 0.211. The number of nitrogens with one attached hydrogen (secondary N) is 1. The van der Waals surface area contributed by atoms with Gasteiger partial charge in [0.2, 0.25) is 5.91 Å². The topological polar surface area (TPSA) is 165 Å². The first-order valence-electron chi connectivity index (χ1n) is 11.1. The lowest BCUT2D eigenvalue weighted by molar-refractivity contribution is -0.384. The van der Waals surface area contributed by atoms with Crippen molar-refractivity contribution >= 4 is 41.2 Å². The number of non-ortho nitro benzene ring substituents is 1. The zero-order chi connectivity index (χ0) is 26.7. The number of ether oxygens (including phenoxy) is 2. The van der Waals surface area contributed by atoms with E-state index in [0.29, 0.717) is 5.56 Å². The summed E-state index contributed by atoms with van der Waals surface area (Å²) in [6.07, 6.45) is 0. The second kappa shape index (κ2) is 10.6. The summed E-state index contributed by atoms with van der Waals surface area (Å²) in [7, 11) is 1.43. The van der Waals surface area contributed by atoms with Gasteiger partial charge in [-0.2, -0.15) is 0 Å². The van der Waals surface area contributed by atoms with Gasteiger partial charge >= 0.3 is 11.9 Å². The molecule has 2 aromatic carbocycles. The molecule has 0 aromatic heterocycles. The van der Waals surface area contributed by atoms with E-state index < -0.39 is 45.5 Å². The van der Waals surface area contributed by atoms with Gasteiger partial charge in [0.15, 0.2) is 0 Å². The molecule has 2 unspecified atom stereocenters. The monoisotopic (exact) mass is 529 g/mol. The maximum Gasteiger partial charge on any atom is 0.336 e. The Labute approximate surface area is 215 Å². The first-order chi connectivity index (χ1) is 17.7. The number of nitrogens with zero attached hydrogens (tertiary/aromatic N) is 2. The average Bonchev–Trinajstić information content (AvgIpc) is 2.90. The van der Waals surface area contributed by atoms with Crippen molar-refractivity contribution < 1.29 is 38.7 Å². The molecule has 2 fully saturated rings. The van der Waals surface area contributed by atoms with Crippen molar-refractivity contribution in [1.29, 1.82) is 0 Å². The number of fused-ring (bicyclic) bond motifs is 1. The normalized spacial score (nSPS) is 22.4. The highest BCUT2D eigenvalue weighted by Gasteiger charge is 2.58. The number of carbonyl (C=O) groups excluding carboxylic acids is 3. The number of rotatable bonds is 9. The fourth-order valence-corrected chi connectivity index (χ4v) is 5.79. The molecule has 0 aliphatic carbocycles. The van der Waals surface area contributed by atoms with Gasteiger partial charge in [0.25, 0.3) is 11.6 Å². The van der Waals surface area contributed by atoms with Gasteiger partial charge in [-0.05, 0) is 29.8 Å². The van der Waals surface area contributed by atoms with Crippen LogP contribution in [-0.4, -0.2) is 76.1 Å². The van der Waals surface area contributed by atoms with Gasteiger partial charge in [0.05, 0.1) is 22.7 Å². The van der Waals surface area contributed by atoms with Crippen LogP contribution in [0.25, 0.3) is 0 Å². The Bertz CT molecular complexity index is 1250. The number of esters is 1. The molecule has 0 saturated carbocycles. The Hall–Kier alpha value is -3.97. The van der Waals surface area contributed by atoms with Crippen LogP contribution in [0.2, 0.25) is 0 Å². The van der Waals surface area contributed by atoms with Crippen LogP contribution in [0.15, 0.2) is 48.5 Å². The number of nitro groups is 1. The summed E-state index contributed by atoms with van der Waals surface area (Å²) in [5.74, 6) is -2.65. The van der Waals surface area contributed by atoms with Crippen molar-refractivity contribution in [2.24, 2.45) is 5.41 Å². The van der Waals surface area contributed by atoms with Crippen LogP contribution in [-0.2, 0) is 25.7 Å². The van der Waals surface area contributed by atoms with Gasteiger partial charge < -0.3 is 24.8 Å². The van der Waals surface area contributed by atoms with E-state index in [1.54, 1.807) is 0 Å². The number of carbonyl (C=O) groups is 4. The molecule has 2 N–H and O–H groups in total. The van der Waals surface area contributed by atoms with Crippen molar-refractivity contribution in [3.05, 3.63) is 75.3 Å². The second-order valence-electron chi connectivity index (χ2n) is 8.68. The molecule has 2 saturated heterocycles. The van der Waals surface area contributed by atoms with Crippen molar-refractivity contribution in [3.8, 4) is 0 Å². The van der Waals surface area contributed by atoms with E-state index in [1.807, 2.05) is 0 Å². The second-order valence-corrected chi connectivity index (χ2v) is 9.79. The van der Waals surface area contributed by atoms with Crippen molar-refractivity contribution in [2.75, 3.05) is 26.0 Å². The number of nitro benzene ring substituents is 1.